The monoisotopic (exact) mass is 258 g/mol. The molecule has 6 heteroatoms. The molecule has 0 aliphatic carbocycles. The molecule has 6 nitrogen and oxygen atoms in total. The topological polar surface area (TPSA) is 86.1 Å². The Bertz CT molecular complexity index is 576. The predicted molar refractivity (Wildman–Crippen MR) is 71.1 cm³/mol. The van der Waals surface area contributed by atoms with Crippen LogP contribution in [0.3, 0.4) is 0 Å². The number of azide groups is 1. The number of fused-ring (bicyclic) bond motifs is 1. The number of unbranched alkanes of at least 4 members (excludes halogenated alkanes) is 1. The summed E-state index contributed by atoms with van der Waals surface area (Å²) in [6, 6.07) is 5.44. The maximum atomic E-state index is 11.9. The minimum absolute atomic E-state index is 0.410. The molecule has 0 spiro atoms. The van der Waals surface area contributed by atoms with Gasteiger partial charge >= 0.3 is 0 Å². The summed E-state index contributed by atoms with van der Waals surface area (Å²) in [6.45, 7) is 2.77. The first kappa shape index (κ1) is 13.1. The quantitative estimate of drug-likeness (QED) is 0.267. The molecule has 1 aromatic carbocycles. The Morgan fingerprint density at radius 3 is 2.84 bits per heavy atom. The van der Waals surface area contributed by atoms with Crippen molar-refractivity contribution in [1.29, 1.82) is 0 Å². The molecule has 2 rings (SSSR count). The molecular weight excluding hydrogens is 244 g/mol. The van der Waals surface area contributed by atoms with Crippen LogP contribution < -0.4 is 4.90 Å². The second-order valence-corrected chi connectivity index (χ2v) is 4.47. The molecule has 1 amide bonds. The fourth-order valence-electron chi connectivity index (χ4n) is 2.13. The summed E-state index contributed by atoms with van der Waals surface area (Å²) in [4.78, 5) is 27.9. The van der Waals surface area contributed by atoms with E-state index in [1.54, 1.807) is 12.1 Å². The highest BCUT2D eigenvalue weighted by Gasteiger charge is 2.35. The molecule has 19 heavy (non-hydrogen) atoms. The van der Waals surface area contributed by atoms with Crippen molar-refractivity contribution in [3.8, 4) is 0 Å². The number of rotatable bonds is 5. The standard InChI is InChI=1S/C13H14N4O2/c1-9-4-5-11-10(8-9)12(18)13(19)17(11)7-3-2-6-15-16-14/h4-5,8H,2-3,6-7H2,1H3. The van der Waals surface area contributed by atoms with Crippen LogP contribution >= 0.6 is 0 Å². The van der Waals surface area contributed by atoms with Crippen molar-refractivity contribution in [1.82, 2.24) is 0 Å². The van der Waals surface area contributed by atoms with E-state index >= 15 is 0 Å². The molecule has 1 heterocycles. The molecular formula is C13H14N4O2. The van der Waals surface area contributed by atoms with Crippen LogP contribution in [0, 0.1) is 6.92 Å². The van der Waals surface area contributed by atoms with Gasteiger partial charge in [-0.2, -0.15) is 0 Å². The van der Waals surface area contributed by atoms with Gasteiger partial charge in [-0.25, -0.2) is 0 Å². The Hall–Kier alpha value is -2.33. The minimum atomic E-state index is -0.468. The van der Waals surface area contributed by atoms with E-state index < -0.39 is 11.7 Å². The van der Waals surface area contributed by atoms with Gasteiger partial charge in [-0.15, -0.1) is 0 Å². The summed E-state index contributed by atoms with van der Waals surface area (Å²) in [5.74, 6) is -0.905. The van der Waals surface area contributed by atoms with Crippen LogP contribution in [0.2, 0.25) is 0 Å². The molecule has 0 saturated heterocycles. The first-order valence-corrected chi connectivity index (χ1v) is 6.13. The zero-order valence-electron chi connectivity index (χ0n) is 10.7. The molecule has 0 bridgehead atoms. The van der Waals surface area contributed by atoms with Gasteiger partial charge in [0.05, 0.1) is 11.3 Å². The number of hydrogen-bond donors (Lipinski definition) is 0. The Labute approximate surface area is 110 Å². The Balaban J connectivity index is 2.08. The third-order valence-corrected chi connectivity index (χ3v) is 3.08. The molecule has 1 aliphatic rings. The number of amides is 1. The van der Waals surface area contributed by atoms with E-state index in [9.17, 15) is 9.59 Å². The van der Waals surface area contributed by atoms with Crippen molar-refractivity contribution in [2.75, 3.05) is 18.0 Å². The largest absolute Gasteiger partial charge is 0.305 e. The normalized spacial score (nSPS) is 13.4. The third-order valence-electron chi connectivity index (χ3n) is 3.08. The molecule has 0 fully saturated rings. The average Bonchev–Trinajstić information content (AvgIpc) is 2.63. The van der Waals surface area contributed by atoms with Gasteiger partial charge in [0, 0.05) is 18.0 Å². The summed E-state index contributed by atoms with van der Waals surface area (Å²) < 4.78 is 0. The maximum absolute atomic E-state index is 11.9. The zero-order valence-corrected chi connectivity index (χ0v) is 10.7. The molecule has 0 saturated carbocycles. The van der Waals surface area contributed by atoms with Crippen molar-refractivity contribution < 1.29 is 9.59 Å². The van der Waals surface area contributed by atoms with E-state index in [-0.39, 0.29) is 0 Å². The van der Waals surface area contributed by atoms with Crippen LogP contribution in [0.25, 0.3) is 10.4 Å². The number of carbonyl (C=O) groups excluding carboxylic acids is 2. The van der Waals surface area contributed by atoms with Crippen LogP contribution in [0.5, 0.6) is 0 Å². The highest BCUT2D eigenvalue weighted by molar-refractivity contribution is 6.52. The van der Waals surface area contributed by atoms with Crippen LogP contribution in [0.15, 0.2) is 23.3 Å². The Kier molecular flexibility index (Phi) is 3.82. The van der Waals surface area contributed by atoms with Crippen molar-refractivity contribution in [3.05, 3.63) is 39.8 Å². The van der Waals surface area contributed by atoms with Gasteiger partial charge in [-0.05, 0) is 37.4 Å². The van der Waals surface area contributed by atoms with Crippen LogP contribution in [-0.4, -0.2) is 24.8 Å². The van der Waals surface area contributed by atoms with Gasteiger partial charge < -0.3 is 4.90 Å². The third kappa shape index (κ3) is 2.58. The highest BCUT2D eigenvalue weighted by Crippen LogP contribution is 2.29. The van der Waals surface area contributed by atoms with Gasteiger partial charge in [-0.1, -0.05) is 16.7 Å². The summed E-state index contributed by atoms with van der Waals surface area (Å²) >= 11 is 0. The number of Topliss-reactive ketones (excluding diaryl/α,β-unsaturated/α-hetero) is 1. The molecule has 0 N–H and O–H groups in total. The Morgan fingerprint density at radius 2 is 2.11 bits per heavy atom. The van der Waals surface area contributed by atoms with Crippen molar-refractivity contribution in [2.45, 2.75) is 19.8 Å². The molecule has 0 atom stereocenters. The van der Waals surface area contributed by atoms with Crippen LogP contribution in [0.4, 0.5) is 5.69 Å². The van der Waals surface area contributed by atoms with Crippen LogP contribution in [-0.2, 0) is 4.79 Å². The smallest absolute Gasteiger partial charge is 0.299 e. The molecule has 0 unspecified atom stereocenters. The lowest BCUT2D eigenvalue weighted by molar-refractivity contribution is -0.114. The van der Waals surface area contributed by atoms with E-state index in [1.807, 2.05) is 13.0 Å². The molecule has 0 radical (unpaired) electrons. The molecule has 1 aliphatic heterocycles. The Morgan fingerprint density at radius 1 is 1.32 bits per heavy atom. The summed E-state index contributed by atoms with van der Waals surface area (Å²) in [6.07, 6.45) is 1.40. The van der Waals surface area contributed by atoms with Gasteiger partial charge in [0.1, 0.15) is 0 Å². The zero-order chi connectivity index (χ0) is 13.8. The number of benzene rings is 1. The number of nitrogens with zero attached hydrogens (tertiary/aromatic N) is 4. The molecule has 98 valence electrons. The number of hydrogen-bond acceptors (Lipinski definition) is 3. The van der Waals surface area contributed by atoms with E-state index in [4.69, 9.17) is 5.53 Å². The van der Waals surface area contributed by atoms with E-state index in [0.29, 0.717) is 37.2 Å². The van der Waals surface area contributed by atoms with Gasteiger partial charge in [-0.3, -0.25) is 9.59 Å². The lowest BCUT2D eigenvalue weighted by Gasteiger charge is -2.16. The molecule has 1 aromatic rings. The fourth-order valence-corrected chi connectivity index (χ4v) is 2.13. The van der Waals surface area contributed by atoms with Gasteiger partial charge in [0.25, 0.3) is 11.7 Å². The van der Waals surface area contributed by atoms with E-state index in [1.165, 1.54) is 4.90 Å². The van der Waals surface area contributed by atoms with Crippen molar-refractivity contribution in [2.24, 2.45) is 5.11 Å². The SMILES string of the molecule is Cc1ccc2c(c1)C(=O)C(=O)N2CCCCN=[N+]=[N-]. The second kappa shape index (κ2) is 5.54. The van der Waals surface area contributed by atoms with Crippen molar-refractivity contribution in [3.63, 3.8) is 0 Å². The molecule has 0 aromatic heterocycles. The summed E-state index contributed by atoms with van der Waals surface area (Å²) in [5.41, 5.74) is 10.3. The minimum Gasteiger partial charge on any atom is -0.305 e. The van der Waals surface area contributed by atoms with Crippen LogP contribution in [0.1, 0.15) is 28.8 Å². The maximum Gasteiger partial charge on any atom is 0.299 e. The highest BCUT2D eigenvalue weighted by atomic mass is 16.2. The number of aryl methyl sites for hydroxylation is 1. The number of anilines is 1. The van der Waals surface area contributed by atoms with E-state index in [0.717, 1.165) is 5.56 Å². The fraction of sp³-hybridized carbons (Fsp3) is 0.385. The lowest BCUT2D eigenvalue weighted by atomic mass is 10.1. The number of ketones is 1. The van der Waals surface area contributed by atoms with Gasteiger partial charge in [0.2, 0.25) is 0 Å². The first-order valence-electron chi connectivity index (χ1n) is 6.13. The average molecular weight is 258 g/mol. The first-order chi connectivity index (χ1) is 9.15. The van der Waals surface area contributed by atoms with E-state index in [2.05, 4.69) is 10.0 Å². The van der Waals surface area contributed by atoms with Gasteiger partial charge in [0.15, 0.2) is 0 Å². The van der Waals surface area contributed by atoms with Crippen molar-refractivity contribution >= 4 is 17.4 Å². The second-order valence-electron chi connectivity index (χ2n) is 4.47. The summed E-state index contributed by atoms with van der Waals surface area (Å²) in [5, 5.41) is 3.44. The summed E-state index contributed by atoms with van der Waals surface area (Å²) in [7, 11) is 0. The number of carbonyl (C=O) groups is 2. The lowest BCUT2D eigenvalue weighted by Crippen LogP contribution is -2.30. The predicted octanol–water partition coefficient (Wildman–Crippen LogP) is 2.61.